The maximum atomic E-state index is 14.1. The molecule has 0 amide bonds. The van der Waals surface area contributed by atoms with Gasteiger partial charge in [-0.05, 0) is 43.5 Å². The summed E-state index contributed by atoms with van der Waals surface area (Å²) in [7, 11) is 0. The number of hydrogen-bond acceptors (Lipinski definition) is 2. The van der Waals surface area contributed by atoms with Crippen molar-refractivity contribution in [2.75, 3.05) is 6.54 Å². The van der Waals surface area contributed by atoms with Gasteiger partial charge in [-0.15, -0.1) is 0 Å². The van der Waals surface area contributed by atoms with Crippen molar-refractivity contribution in [1.82, 2.24) is 9.97 Å². The van der Waals surface area contributed by atoms with Crippen LogP contribution in [0.25, 0.3) is 22.2 Å². The molecule has 3 aromatic rings. The van der Waals surface area contributed by atoms with Gasteiger partial charge in [-0.3, -0.25) is 4.98 Å². The Morgan fingerprint density at radius 1 is 1.23 bits per heavy atom. The van der Waals surface area contributed by atoms with Crippen LogP contribution in [0.5, 0.6) is 0 Å². The summed E-state index contributed by atoms with van der Waals surface area (Å²) < 4.78 is 14.1. The van der Waals surface area contributed by atoms with Crippen molar-refractivity contribution < 1.29 is 4.39 Å². The van der Waals surface area contributed by atoms with E-state index in [2.05, 4.69) is 9.97 Å². The standard InChI is InChI=1S/C17H17ClFN3/c18-14-10-21-9-7-13(14)16-11(4-1-2-8-20)12-5-3-6-15(19)17(12)22-16/h3,5-7,9-10,22H,1-2,4,8,20H2. The average molecular weight is 318 g/mol. The van der Waals surface area contributed by atoms with Crippen LogP contribution >= 0.6 is 11.6 Å². The lowest BCUT2D eigenvalue weighted by molar-refractivity contribution is 0.637. The molecule has 3 N–H and O–H groups in total. The highest BCUT2D eigenvalue weighted by atomic mass is 35.5. The minimum absolute atomic E-state index is 0.256. The molecule has 0 radical (unpaired) electrons. The zero-order chi connectivity index (χ0) is 15.5. The van der Waals surface area contributed by atoms with E-state index in [0.29, 0.717) is 17.1 Å². The number of benzene rings is 1. The molecule has 0 spiro atoms. The van der Waals surface area contributed by atoms with E-state index in [0.717, 1.165) is 41.5 Å². The second-order valence-electron chi connectivity index (χ2n) is 5.24. The van der Waals surface area contributed by atoms with Crippen LogP contribution < -0.4 is 5.73 Å². The second-order valence-corrected chi connectivity index (χ2v) is 5.65. The summed E-state index contributed by atoms with van der Waals surface area (Å²) in [5.41, 5.74) is 8.89. The van der Waals surface area contributed by atoms with Gasteiger partial charge in [0.2, 0.25) is 0 Å². The summed E-state index contributed by atoms with van der Waals surface area (Å²) in [5, 5.41) is 1.45. The minimum atomic E-state index is -0.256. The number of para-hydroxylation sites is 1. The normalized spacial score (nSPS) is 11.2. The number of H-pyrrole nitrogens is 1. The highest BCUT2D eigenvalue weighted by molar-refractivity contribution is 6.33. The number of aromatic amines is 1. The summed E-state index contributed by atoms with van der Waals surface area (Å²) >= 11 is 6.26. The van der Waals surface area contributed by atoms with Gasteiger partial charge < -0.3 is 10.7 Å². The number of nitrogens with zero attached hydrogens (tertiary/aromatic N) is 1. The van der Waals surface area contributed by atoms with Gasteiger partial charge in [-0.2, -0.15) is 0 Å². The molecular weight excluding hydrogens is 301 g/mol. The molecule has 1 aromatic carbocycles. The van der Waals surface area contributed by atoms with E-state index >= 15 is 0 Å². The molecule has 3 rings (SSSR count). The van der Waals surface area contributed by atoms with Crippen LogP contribution in [-0.4, -0.2) is 16.5 Å². The molecule has 114 valence electrons. The molecule has 0 atom stereocenters. The quantitative estimate of drug-likeness (QED) is 0.689. The van der Waals surface area contributed by atoms with Crippen LogP contribution in [0, 0.1) is 5.82 Å². The Bertz CT molecular complexity index is 798. The largest absolute Gasteiger partial charge is 0.352 e. The predicted molar refractivity (Wildman–Crippen MR) is 88.5 cm³/mol. The predicted octanol–water partition coefficient (Wildman–Crippen LogP) is 4.30. The van der Waals surface area contributed by atoms with Crippen LogP contribution in [-0.2, 0) is 6.42 Å². The Balaban J connectivity index is 2.17. The molecule has 2 heterocycles. The number of hydrogen-bond donors (Lipinski definition) is 2. The molecule has 2 aromatic heterocycles. The fourth-order valence-corrected chi connectivity index (χ4v) is 2.97. The molecule has 0 aliphatic heterocycles. The fraction of sp³-hybridized carbons (Fsp3) is 0.235. The van der Waals surface area contributed by atoms with Gasteiger partial charge in [0.05, 0.1) is 16.2 Å². The van der Waals surface area contributed by atoms with Crippen LogP contribution in [0.4, 0.5) is 4.39 Å². The highest BCUT2D eigenvalue weighted by Crippen LogP contribution is 2.35. The van der Waals surface area contributed by atoms with Crippen molar-refractivity contribution in [2.24, 2.45) is 5.73 Å². The van der Waals surface area contributed by atoms with E-state index < -0.39 is 0 Å². The zero-order valence-electron chi connectivity index (χ0n) is 12.1. The van der Waals surface area contributed by atoms with E-state index in [4.69, 9.17) is 17.3 Å². The maximum Gasteiger partial charge on any atom is 0.147 e. The van der Waals surface area contributed by atoms with Crippen LogP contribution in [0.3, 0.4) is 0 Å². The lowest BCUT2D eigenvalue weighted by Gasteiger charge is -2.06. The summed E-state index contributed by atoms with van der Waals surface area (Å²) in [6, 6.07) is 6.97. The number of halogens is 2. The van der Waals surface area contributed by atoms with E-state index in [1.165, 1.54) is 6.07 Å². The van der Waals surface area contributed by atoms with Gasteiger partial charge in [0, 0.05) is 23.3 Å². The number of pyridine rings is 1. The number of rotatable bonds is 5. The van der Waals surface area contributed by atoms with Crippen LogP contribution in [0.1, 0.15) is 18.4 Å². The van der Waals surface area contributed by atoms with Crippen molar-refractivity contribution in [3.8, 4) is 11.3 Å². The molecule has 0 saturated heterocycles. The molecule has 0 unspecified atom stereocenters. The first-order valence-electron chi connectivity index (χ1n) is 7.31. The first-order valence-corrected chi connectivity index (χ1v) is 7.69. The lowest BCUT2D eigenvalue weighted by Crippen LogP contribution is -1.99. The first-order chi connectivity index (χ1) is 10.7. The minimum Gasteiger partial charge on any atom is -0.352 e. The molecule has 22 heavy (non-hydrogen) atoms. The van der Waals surface area contributed by atoms with E-state index in [-0.39, 0.29) is 5.82 Å². The van der Waals surface area contributed by atoms with Gasteiger partial charge in [0.25, 0.3) is 0 Å². The SMILES string of the molecule is NCCCCc1c(-c2ccncc2Cl)[nH]c2c(F)cccc12. The van der Waals surface area contributed by atoms with Crippen molar-refractivity contribution in [3.63, 3.8) is 0 Å². The smallest absolute Gasteiger partial charge is 0.147 e. The third-order valence-corrected chi connectivity index (χ3v) is 4.11. The number of aromatic nitrogens is 2. The Hall–Kier alpha value is -1.91. The zero-order valence-corrected chi connectivity index (χ0v) is 12.8. The van der Waals surface area contributed by atoms with Crippen molar-refractivity contribution >= 4 is 22.5 Å². The Morgan fingerprint density at radius 3 is 2.86 bits per heavy atom. The number of nitrogens with one attached hydrogen (secondary N) is 1. The van der Waals surface area contributed by atoms with Gasteiger partial charge in [0.1, 0.15) is 5.82 Å². The van der Waals surface area contributed by atoms with E-state index in [1.54, 1.807) is 18.5 Å². The van der Waals surface area contributed by atoms with Gasteiger partial charge >= 0.3 is 0 Å². The summed E-state index contributed by atoms with van der Waals surface area (Å²) in [4.78, 5) is 7.21. The lowest BCUT2D eigenvalue weighted by atomic mass is 10.0. The Labute approximate surface area is 133 Å². The van der Waals surface area contributed by atoms with Crippen molar-refractivity contribution in [1.29, 1.82) is 0 Å². The van der Waals surface area contributed by atoms with Gasteiger partial charge in [0.15, 0.2) is 0 Å². The van der Waals surface area contributed by atoms with Gasteiger partial charge in [-0.25, -0.2) is 4.39 Å². The van der Waals surface area contributed by atoms with Crippen LogP contribution in [0.2, 0.25) is 5.02 Å². The fourth-order valence-electron chi connectivity index (χ4n) is 2.75. The van der Waals surface area contributed by atoms with E-state index in [1.807, 2.05) is 12.1 Å². The Kier molecular flexibility index (Phi) is 4.41. The first kappa shape index (κ1) is 15.0. The molecule has 0 saturated carbocycles. The average Bonchev–Trinajstić information content (AvgIpc) is 2.88. The summed E-state index contributed by atoms with van der Waals surface area (Å²) in [6.45, 7) is 0.655. The highest BCUT2D eigenvalue weighted by Gasteiger charge is 2.16. The third kappa shape index (κ3) is 2.72. The monoisotopic (exact) mass is 317 g/mol. The maximum absolute atomic E-state index is 14.1. The molecule has 0 bridgehead atoms. The molecule has 5 heteroatoms. The number of fused-ring (bicyclic) bond motifs is 1. The van der Waals surface area contributed by atoms with Crippen molar-refractivity contribution in [2.45, 2.75) is 19.3 Å². The molecule has 0 aliphatic carbocycles. The molecule has 0 fully saturated rings. The summed E-state index contributed by atoms with van der Waals surface area (Å²) in [6.07, 6.45) is 6.00. The number of aryl methyl sites for hydroxylation is 1. The molecule has 0 aliphatic rings. The van der Waals surface area contributed by atoms with Gasteiger partial charge in [-0.1, -0.05) is 23.7 Å². The van der Waals surface area contributed by atoms with Crippen LogP contribution in [0.15, 0.2) is 36.7 Å². The Morgan fingerprint density at radius 2 is 2.09 bits per heavy atom. The summed E-state index contributed by atoms with van der Waals surface area (Å²) in [5.74, 6) is -0.256. The van der Waals surface area contributed by atoms with Crippen molar-refractivity contribution in [3.05, 3.63) is 53.1 Å². The number of unbranched alkanes of at least 4 members (excludes halogenated alkanes) is 1. The topological polar surface area (TPSA) is 54.7 Å². The molecular formula is C17H17ClFN3. The van der Waals surface area contributed by atoms with E-state index in [9.17, 15) is 4.39 Å². The number of nitrogens with two attached hydrogens (primary N) is 1. The second kappa shape index (κ2) is 6.46. The third-order valence-electron chi connectivity index (χ3n) is 3.81. The molecule has 3 nitrogen and oxygen atoms in total.